The normalized spacial score (nSPS) is 17.2. The molecule has 0 radical (unpaired) electrons. The summed E-state index contributed by atoms with van der Waals surface area (Å²) in [4.78, 5) is 1.77. The number of halogens is 5. The van der Waals surface area contributed by atoms with Gasteiger partial charge in [-0.1, -0.05) is 6.07 Å². The zero-order chi connectivity index (χ0) is 13.1. The van der Waals surface area contributed by atoms with Gasteiger partial charge < -0.3 is 5.32 Å². The van der Waals surface area contributed by atoms with E-state index in [0.717, 1.165) is 0 Å². The van der Waals surface area contributed by atoms with E-state index in [-0.39, 0.29) is 30.6 Å². The first kappa shape index (κ1) is 19.5. The average molecular weight is 331 g/mol. The van der Waals surface area contributed by atoms with Crippen LogP contribution in [0, 0.1) is 12.7 Å². The van der Waals surface area contributed by atoms with Gasteiger partial charge in [0.05, 0.1) is 6.04 Å². The highest BCUT2D eigenvalue weighted by Crippen LogP contribution is 2.30. The van der Waals surface area contributed by atoms with E-state index in [9.17, 15) is 13.2 Å². The van der Waals surface area contributed by atoms with Gasteiger partial charge in [-0.15, -0.1) is 24.8 Å². The Bertz CT molecular complexity index is 413. The molecule has 1 fully saturated rings. The van der Waals surface area contributed by atoms with Crippen molar-refractivity contribution in [3.63, 3.8) is 0 Å². The number of alkyl halides is 2. The maximum atomic E-state index is 13.3. The fraction of sp³-hybridized carbons (Fsp3) is 0.538. The van der Waals surface area contributed by atoms with Crippen molar-refractivity contribution >= 4 is 24.8 Å². The second-order valence-electron chi connectivity index (χ2n) is 4.57. The predicted octanol–water partition coefficient (Wildman–Crippen LogP) is 3.19. The van der Waals surface area contributed by atoms with Crippen molar-refractivity contribution in [2.45, 2.75) is 19.4 Å². The molecular weight excluding hydrogens is 312 g/mol. The smallest absolute Gasteiger partial charge is 0.258 e. The molecule has 7 heteroatoms. The maximum absolute atomic E-state index is 13.3. The minimum atomic E-state index is -2.47. The molecule has 0 aromatic heterocycles. The minimum absolute atomic E-state index is 0. The molecule has 0 amide bonds. The molecule has 0 spiro atoms. The fourth-order valence-electron chi connectivity index (χ4n) is 2.42. The van der Waals surface area contributed by atoms with E-state index in [1.807, 2.05) is 0 Å². The number of nitrogens with zero attached hydrogens (tertiary/aromatic N) is 1. The molecule has 1 heterocycles. The van der Waals surface area contributed by atoms with Crippen LogP contribution in [0.4, 0.5) is 13.2 Å². The lowest BCUT2D eigenvalue weighted by Gasteiger charge is -2.35. The zero-order valence-corrected chi connectivity index (χ0v) is 12.7. The second-order valence-corrected chi connectivity index (χ2v) is 4.57. The molecule has 2 nitrogen and oxygen atoms in total. The van der Waals surface area contributed by atoms with Gasteiger partial charge >= 0.3 is 0 Å². The number of benzene rings is 1. The largest absolute Gasteiger partial charge is 0.314 e. The third-order valence-electron chi connectivity index (χ3n) is 3.33. The third kappa shape index (κ3) is 4.52. The van der Waals surface area contributed by atoms with Crippen LogP contribution in [-0.4, -0.2) is 37.5 Å². The van der Waals surface area contributed by atoms with Crippen LogP contribution < -0.4 is 5.32 Å². The van der Waals surface area contributed by atoms with Crippen molar-refractivity contribution < 1.29 is 13.2 Å². The van der Waals surface area contributed by atoms with Crippen molar-refractivity contribution in [1.29, 1.82) is 0 Å². The van der Waals surface area contributed by atoms with Gasteiger partial charge in [-0.25, -0.2) is 13.2 Å². The first-order valence-electron chi connectivity index (χ1n) is 6.08. The van der Waals surface area contributed by atoms with E-state index >= 15 is 0 Å². The molecule has 0 saturated carbocycles. The van der Waals surface area contributed by atoms with Gasteiger partial charge in [-0.3, -0.25) is 4.90 Å². The standard InChI is InChI=1S/C13H17F3N2.2ClH/c1-9-8-10(14)2-3-11(9)12(13(15)16)18-6-4-17-5-7-18;;/h2-3,8,12-13,17H,4-7H2,1H3;2*1H/t12-;;/m0../s1. The molecule has 20 heavy (non-hydrogen) atoms. The zero-order valence-electron chi connectivity index (χ0n) is 11.1. The molecule has 1 N–H and O–H groups in total. The summed E-state index contributed by atoms with van der Waals surface area (Å²) in [5.74, 6) is -0.385. The van der Waals surface area contributed by atoms with Gasteiger partial charge in [0, 0.05) is 26.2 Å². The van der Waals surface area contributed by atoms with Gasteiger partial charge in [0.1, 0.15) is 5.82 Å². The Hall–Kier alpha value is -0.490. The van der Waals surface area contributed by atoms with Gasteiger partial charge in [0.2, 0.25) is 0 Å². The first-order chi connectivity index (χ1) is 8.59. The van der Waals surface area contributed by atoms with Gasteiger partial charge in [-0.2, -0.15) is 0 Å². The van der Waals surface area contributed by atoms with Gasteiger partial charge in [0.25, 0.3) is 6.43 Å². The van der Waals surface area contributed by atoms with Crippen molar-refractivity contribution in [3.8, 4) is 0 Å². The lowest BCUT2D eigenvalue weighted by molar-refractivity contribution is 0.0178. The first-order valence-corrected chi connectivity index (χ1v) is 6.08. The Morgan fingerprint density at radius 2 is 1.75 bits per heavy atom. The molecule has 1 aliphatic rings. The molecule has 1 saturated heterocycles. The second kappa shape index (κ2) is 8.72. The van der Waals surface area contributed by atoms with Crippen LogP contribution in [0.5, 0.6) is 0 Å². The van der Waals surface area contributed by atoms with E-state index in [0.29, 0.717) is 37.3 Å². The van der Waals surface area contributed by atoms with Crippen molar-refractivity contribution in [2.24, 2.45) is 0 Å². The minimum Gasteiger partial charge on any atom is -0.314 e. The third-order valence-corrected chi connectivity index (χ3v) is 3.33. The average Bonchev–Trinajstić information content (AvgIpc) is 2.33. The molecule has 116 valence electrons. The van der Waals surface area contributed by atoms with E-state index in [4.69, 9.17) is 0 Å². The molecule has 1 aliphatic heterocycles. The Labute approximate surface area is 129 Å². The molecule has 0 bridgehead atoms. The summed E-state index contributed by atoms with van der Waals surface area (Å²) in [5, 5.41) is 3.14. The predicted molar refractivity (Wildman–Crippen MR) is 78.8 cm³/mol. The monoisotopic (exact) mass is 330 g/mol. The number of hydrogen-bond acceptors (Lipinski definition) is 2. The highest BCUT2D eigenvalue weighted by molar-refractivity contribution is 5.85. The van der Waals surface area contributed by atoms with E-state index in [1.165, 1.54) is 18.2 Å². The van der Waals surface area contributed by atoms with Crippen molar-refractivity contribution in [3.05, 3.63) is 35.1 Å². The maximum Gasteiger partial charge on any atom is 0.258 e. The highest BCUT2D eigenvalue weighted by Gasteiger charge is 2.31. The van der Waals surface area contributed by atoms with Crippen LogP contribution in [0.2, 0.25) is 0 Å². The molecule has 1 aromatic rings. The molecule has 0 aliphatic carbocycles. The van der Waals surface area contributed by atoms with Crippen LogP contribution in [0.25, 0.3) is 0 Å². The topological polar surface area (TPSA) is 15.3 Å². The van der Waals surface area contributed by atoms with Crippen LogP contribution >= 0.6 is 24.8 Å². The Kier molecular flexibility index (Phi) is 8.51. The lowest BCUT2D eigenvalue weighted by atomic mass is 9.99. The lowest BCUT2D eigenvalue weighted by Crippen LogP contribution is -2.47. The highest BCUT2D eigenvalue weighted by atomic mass is 35.5. The molecule has 1 aromatic carbocycles. The van der Waals surface area contributed by atoms with Crippen LogP contribution in [0.15, 0.2) is 18.2 Å². The molecular formula is C13H19Cl2F3N2. The van der Waals surface area contributed by atoms with E-state index < -0.39 is 12.5 Å². The molecule has 1 atom stereocenters. The number of nitrogens with one attached hydrogen (secondary N) is 1. The summed E-state index contributed by atoms with van der Waals surface area (Å²) < 4.78 is 39.6. The molecule has 2 rings (SSSR count). The fourth-order valence-corrected chi connectivity index (χ4v) is 2.42. The summed E-state index contributed by atoms with van der Waals surface area (Å²) in [5.41, 5.74) is 1.10. The number of hydrogen-bond donors (Lipinski definition) is 1. The Morgan fingerprint density at radius 1 is 1.15 bits per heavy atom. The summed E-state index contributed by atoms with van der Waals surface area (Å²) in [6, 6.07) is 3.10. The van der Waals surface area contributed by atoms with Crippen molar-refractivity contribution in [2.75, 3.05) is 26.2 Å². The Balaban J connectivity index is 0.00000180. The summed E-state index contributed by atoms with van der Waals surface area (Å²) in [6.07, 6.45) is -2.47. The van der Waals surface area contributed by atoms with E-state index in [1.54, 1.807) is 11.8 Å². The quantitative estimate of drug-likeness (QED) is 0.915. The molecule has 0 unspecified atom stereocenters. The SMILES string of the molecule is Cc1cc(F)ccc1[C@@H](C(F)F)N1CCNCC1.Cl.Cl. The van der Waals surface area contributed by atoms with Crippen LogP contribution in [0.3, 0.4) is 0 Å². The Morgan fingerprint density at radius 3 is 2.25 bits per heavy atom. The van der Waals surface area contributed by atoms with Crippen molar-refractivity contribution in [1.82, 2.24) is 10.2 Å². The van der Waals surface area contributed by atoms with Crippen LogP contribution in [-0.2, 0) is 0 Å². The van der Waals surface area contributed by atoms with Crippen LogP contribution in [0.1, 0.15) is 17.2 Å². The number of piperazine rings is 1. The number of rotatable bonds is 3. The number of aryl methyl sites for hydroxylation is 1. The summed E-state index contributed by atoms with van der Waals surface area (Å²) >= 11 is 0. The van der Waals surface area contributed by atoms with Gasteiger partial charge in [0.15, 0.2) is 0 Å². The van der Waals surface area contributed by atoms with E-state index in [2.05, 4.69) is 5.32 Å². The summed E-state index contributed by atoms with van der Waals surface area (Å²) in [6.45, 7) is 4.28. The van der Waals surface area contributed by atoms with Gasteiger partial charge in [-0.05, 0) is 30.2 Å². The summed E-state index contributed by atoms with van der Waals surface area (Å²) in [7, 11) is 0.